The van der Waals surface area contributed by atoms with Gasteiger partial charge < -0.3 is 10.1 Å². The normalized spacial score (nSPS) is 11.2. The van der Waals surface area contributed by atoms with Gasteiger partial charge in [-0.1, -0.05) is 32.0 Å². The zero-order chi connectivity index (χ0) is 16.4. The first-order chi connectivity index (χ1) is 11.1. The maximum atomic E-state index is 5.48. The molecule has 120 valence electrons. The standard InChI is InChI=1S/C18H22N4O/c1-12(2)10-19-17-9-13(3)21-18-15(11-20-22(17)18)14-7-5-6-8-16(14)23-4/h5-9,11-12,19H,10H2,1-4H3. The van der Waals surface area contributed by atoms with E-state index in [1.54, 1.807) is 7.11 Å². The van der Waals surface area contributed by atoms with Gasteiger partial charge in [0.2, 0.25) is 0 Å². The number of hydrogen-bond acceptors (Lipinski definition) is 4. The minimum Gasteiger partial charge on any atom is -0.496 e. The SMILES string of the molecule is COc1ccccc1-c1cnn2c(NCC(C)C)cc(C)nc12. The molecule has 2 aromatic heterocycles. The highest BCUT2D eigenvalue weighted by Gasteiger charge is 2.15. The molecule has 0 bridgehead atoms. The number of anilines is 1. The van der Waals surface area contributed by atoms with Crippen LogP contribution in [0.15, 0.2) is 36.5 Å². The number of para-hydroxylation sites is 1. The third-order valence-electron chi connectivity index (χ3n) is 3.69. The fraction of sp³-hybridized carbons (Fsp3) is 0.333. The van der Waals surface area contributed by atoms with Gasteiger partial charge >= 0.3 is 0 Å². The first-order valence-corrected chi connectivity index (χ1v) is 7.82. The predicted octanol–water partition coefficient (Wildman–Crippen LogP) is 3.78. The van der Waals surface area contributed by atoms with E-state index in [-0.39, 0.29) is 0 Å². The second-order valence-electron chi connectivity index (χ2n) is 6.05. The number of ether oxygens (including phenoxy) is 1. The predicted molar refractivity (Wildman–Crippen MR) is 93.0 cm³/mol. The van der Waals surface area contributed by atoms with Gasteiger partial charge in [-0.15, -0.1) is 0 Å². The summed E-state index contributed by atoms with van der Waals surface area (Å²) in [5.41, 5.74) is 3.76. The maximum absolute atomic E-state index is 5.48. The van der Waals surface area contributed by atoms with E-state index in [4.69, 9.17) is 4.74 Å². The van der Waals surface area contributed by atoms with Gasteiger partial charge in [0.1, 0.15) is 11.6 Å². The number of methoxy groups -OCH3 is 1. The van der Waals surface area contributed by atoms with E-state index in [9.17, 15) is 0 Å². The van der Waals surface area contributed by atoms with E-state index in [1.807, 2.05) is 48.0 Å². The lowest BCUT2D eigenvalue weighted by Crippen LogP contribution is -2.12. The van der Waals surface area contributed by atoms with E-state index in [0.717, 1.165) is 40.6 Å². The van der Waals surface area contributed by atoms with Crippen LogP contribution in [0.25, 0.3) is 16.8 Å². The molecule has 2 heterocycles. The molecular formula is C18H22N4O. The van der Waals surface area contributed by atoms with Crippen molar-refractivity contribution in [1.29, 1.82) is 0 Å². The van der Waals surface area contributed by atoms with Gasteiger partial charge in [-0.25, -0.2) is 4.98 Å². The van der Waals surface area contributed by atoms with Gasteiger partial charge in [0.15, 0.2) is 5.65 Å². The number of aryl methyl sites for hydroxylation is 1. The molecule has 0 saturated heterocycles. The molecule has 0 unspecified atom stereocenters. The van der Waals surface area contributed by atoms with Gasteiger partial charge in [-0.2, -0.15) is 9.61 Å². The highest BCUT2D eigenvalue weighted by Crippen LogP contribution is 2.32. The summed E-state index contributed by atoms with van der Waals surface area (Å²) in [5, 5.41) is 7.98. The number of benzene rings is 1. The van der Waals surface area contributed by atoms with Crippen LogP contribution in [-0.2, 0) is 0 Å². The zero-order valence-electron chi connectivity index (χ0n) is 14.0. The smallest absolute Gasteiger partial charge is 0.165 e. The number of fused-ring (bicyclic) bond motifs is 1. The van der Waals surface area contributed by atoms with Crippen LogP contribution in [0, 0.1) is 12.8 Å². The Kier molecular flexibility index (Phi) is 4.19. The lowest BCUT2D eigenvalue weighted by molar-refractivity contribution is 0.416. The van der Waals surface area contributed by atoms with Crippen LogP contribution in [0.3, 0.4) is 0 Å². The molecule has 1 aromatic carbocycles. The second kappa shape index (κ2) is 6.28. The third-order valence-corrected chi connectivity index (χ3v) is 3.69. The molecule has 0 atom stereocenters. The number of hydrogen-bond donors (Lipinski definition) is 1. The van der Waals surface area contributed by atoms with Crippen LogP contribution in [0.5, 0.6) is 5.75 Å². The van der Waals surface area contributed by atoms with E-state index in [0.29, 0.717) is 5.92 Å². The molecule has 23 heavy (non-hydrogen) atoms. The van der Waals surface area contributed by atoms with Gasteiger partial charge in [0.05, 0.1) is 18.9 Å². The summed E-state index contributed by atoms with van der Waals surface area (Å²) >= 11 is 0. The zero-order valence-corrected chi connectivity index (χ0v) is 14.0. The van der Waals surface area contributed by atoms with Gasteiger partial charge in [-0.05, 0) is 18.9 Å². The molecule has 0 spiro atoms. The quantitative estimate of drug-likeness (QED) is 0.779. The average Bonchev–Trinajstić information content (AvgIpc) is 2.96. The van der Waals surface area contributed by atoms with E-state index < -0.39 is 0 Å². The molecular weight excluding hydrogens is 288 g/mol. The molecule has 0 amide bonds. The summed E-state index contributed by atoms with van der Waals surface area (Å²) in [5.74, 6) is 2.34. The van der Waals surface area contributed by atoms with Crippen LogP contribution in [-0.4, -0.2) is 28.3 Å². The maximum Gasteiger partial charge on any atom is 0.165 e. The van der Waals surface area contributed by atoms with Crippen LogP contribution in [0.1, 0.15) is 19.5 Å². The van der Waals surface area contributed by atoms with Crippen molar-refractivity contribution in [3.05, 3.63) is 42.2 Å². The molecule has 0 aliphatic heterocycles. The van der Waals surface area contributed by atoms with Crippen LogP contribution in [0.4, 0.5) is 5.82 Å². The van der Waals surface area contributed by atoms with Crippen molar-refractivity contribution in [3.63, 3.8) is 0 Å². The Morgan fingerprint density at radius 3 is 2.74 bits per heavy atom. The minimum absolute atomic E-state index is 0.558. The summed E-state index contributed by atoms with van der Waals surface area (Å²) in [7, 11) is 1.68. The first kappa shape index (κ1) is 15.3. The summed E-state index contributed by atoms with van der Waals surface area (Å²) in [6.45, 7) is 7.26. The minimum atomic E-state index is 0.558. The fourth-order valence-electron chi connectivity index (χ4n) is 2.58. The Morgan fingerprint density at radius 2 is 2.00 bits per heavy atom. The summed E-state index contributed by atoms with van der Waals surface area (Å²) in [6, 6.07) is 9.96. The summed E-state index contributed by atoms with van der Waals surface area (Å²) in [4.78, 5) is 4.68. The Bertz CT molecular complexity index is 823. The van der Waals surface area contributed by atoms with E-state index >= 15 is 0 Å². The molecule has 0 fully saturated rings. The molecule has 5 nitrogen and oxygen atoms in total. The molecule has 3 aromatic rings. The molecule has 1 N–H and O–H groups in total. The summed E-state index contributed by atoms with van der Waals surface area (Å²) in [6.07, 6.45) is 1.85. The van der Waals surface area contributed by atoms with E-state index in [2.05, 4.69) is 29.2 Å². The number of nitrogens with zero attached hydrogens (tertiary/aromatic N) is 3. The van der Waals surface area contributed by atoms with Crippen LogP contribution < -0.4 is 10.1 Å². The largest absolute Gasteiger partial charge is 0.496 e. The number of aromatic nitrogens is 3. The Labute approximate surface area is 136 Å². The summed E-state index contributed by atoms with van der Waals surface area (Å²) < 4.78 is 7.34. The fourth-order valence-corrected chi connectivity index (χ4v) is 2.58. The Hall–Kier alpha value is -2.56. The lowest BCUT2D eigenvalue weighted by atomic mass is 10.1. The van der Waals surface area contributed by atoms with Gasteiger partial charge in [0.25, 0.3) is 0 Å². The molecule has 0 aliphatic carbocycles. The van der Waals surface area contributed by atoms with Crippen LogP contribution >= 0.6 is 0 Å². The van der Waals surface area contributed by atoms with Crippen molar-refractivity contribution in [2.24, 2.45) is 5.92 Å². The van der Waals surface area contributed by atoms with Crippen molar-refractivity contribution in [3.8, 4) is 16.9 Å². The first-order valence-electron chi connectivity index (χ1n) is 7.82. The third kappa shape index (κ3) is 2.99. The molecule has 0 saturated carbocycles. The monoisotopic (exact) mass is 310 g/mol. The molecule has 0 radical (unpaired) electrons. The van der Waals surface area contributed by atoms with Crippen molar-refractivity contribution >= 4 is 11.5 Å². The van der Waals surface area contributed by atoms with Crippen molar-refractivity contribution in [2.75, 3.05) is 19.0 Å². The Balaban J connectivity index is 2.13. The van der Waals surface area contributed by atoms with E-state index in [1.165, 1.54) is 0 Å². The molecule has 5 heteroatoms. The van der Waals surface area contributed by atoms with Gasteiger partial charge in [-0.3, -0.25) is 0 Å². The second-order valence-corrected chi connectivity index (χ2v) is 6.05. The molecule has 3 rings (SSSR count). The lowest BCUT2D eigenvalue weighted by Gasteiger charge is -2.12. The number of rotatable bonds is 5. The average molecular weight is 310 g/mol. The Morgan fingerprint density at radius 1 is 1.22 bits per heavy atom. The van der Waals surface area contributed by atoms with Crippen LogP contribution in [0.2, 0.25) is 0 Å². The number of nitrogens with one attached hydrogen (secondary N) is 1. The van der Waals surface area contributed by atoms with Crippen molar-refractivity contribution in [2.45, 2.75) is 20.8 Å². The van der Waals surface area contributed by atoms with Crippen molar-refractivity contribution in [1.82, 2.24) is 14.6 Å². The highest BCUT2D eigenvalue weighted by atomic mass is 16.5. The molecule has 0 aliphatic rings. The van der Waals surface area contributed by atoms with Crippen molar-refractivity contribution < 1.29 is 4.74 Å². The van der Waals surface area contributed by atoms with Gasteiger partial charge in [0, 0.05) is 23.9 Å². The highest BCUT2D eigenvalue weighted by molar-refractivity contribution is 5.82. The topological polar surface area (TPSA) is 51.5 Å².